The van der Waals surface area contributed by atoms with E-state index in [9.17, 15) is 9.59 Å². The Kier molecular flexibility index (Phi) is 5.59. The van der Waals surface area contributed by atoms with Gasteiger partial charge >= 0.3 is 5.97 Å². The van der Waals surface area contributed by atoms with Crippen LogP contribution < -0.4 is 15.4 Å². The van der Waals surface area contributed by atoms with Gasteiger partial charge in [-0.2, -0.15) is 0 Å². The molecule has 1 aliphatic heterocycles. The van der Waals surface area contributed by atoms with Crippen LogP contribution in [0, 0.1) is 0 Å². The smallest absolute Gasteiger partial charge is 0.338 e. The van der Waals surface area contributed by atoms with Gasteiger partial charge in [0.1, 0.15) is 5.82 Å². The van der Waals surface area contributed by atoms with E-state index < -0.39 is 6.10 Å². The van der Waals surface area contributed by atoms with Crippen molar-refractivity contribution >= 4 is 23.5 Å². The maximum absolute atomic E-state index is 12.8. The summed E-state index contributed by atoms with van der Waals surface area (Å²) >= 11 is 0. The van der Waals surface area contributed by atoms with Crippen LogP contribution >= 0.6 is 0 Å². The van der Waals surface area contributed by atoms with Crippen LogP contribution in [-0.4, -0.2) is 29.6 Å². The summed E-state index contributed by atoms with van der Waals surface area (Å²) in [6, 6.07) is 10.4. The van der Waals surface area contributed by atoms with Crippen molar-refractivity contribution in [3.63, 3.8) is 0 Å². The zero-order valence-electron chi connectivity index (χ0n) is 15.5. The summed E-state index contributed by atoms with van der Waals surface area (Å²) < 4.78 is 10.9. The Morgan fingerprint density at radius 3 is 2.63 bits per heavy atom. The van der Waals surface area contributed by atoms with Gasteiger partial charge in [-0.05, 0) is 42.7 Å². The molecule has 0 saturated carbocycles. The highest BCUT2D eigenvalue weighted by molar-refractivity contribution is 5.99. The summed E-state index contributed by atoms with van der Waals surface area (Å²) in [4.78, 5) is 30.5. The summed E-state index contributed by atoms with van der Waals surface area (Å²) in [6.07, 6.45) is 0.782. The van der Waals surface area contributed by atoms with E-state index in [-0.39, 0.29) is 11.9 Å². The van der Waals surface area contributed by atoms with Gasteiger partial charge in [0.25, 0.3) is 5.91 Å². The van der Waals surface area contributed by atoms with Gasteiger partial charge in [-0.3, -0.25) is 9.69 Å². The predicted molar refractivity (Wildman–Crippen MR) is 102 cm³/mol. The van der Waals surface area contributed by atoms with Crippen LogP contribution in [0.25, 0.3) is 0 Å². The normalized spacial score (nSPS) is 15.9. The molecule has 1 aromatic carbocycles. The maximum Gasteiger partial charge on any atom is 0.338 e. The molecule has 1 unspecified atom stereocenters. The van der Waals surface area contributed by atoms with E-state index in [2.05, 4.69) is 4.98 Å². The number of nitrogens with two attached hydrogens (primary N) is 1. The highest BCUT2D eigenvalue weighted by atomic mass is 16.5. The molecule has 0 radical (unpaired) electrons. The van der Waals surface area contributed by atoms with E-state index in [1.807, 2.05) is 13.8 Å². The zero-order chi connectivity index (χ0) is 19.4. The van der Waals surface area contributed by atoms with Crippen molar-refractivity contribution in [3.05, 3.63) is 47.5 Å². The van der Waals surface area contributed by atoms with E-state index in [4.69, 9.17) is 15.2 Å². The molecule has 1 aromatic heterocycles. The first-order valence-corrected chi connectivity index (χ1v) is 9.04. The Bertz CT molecular complexity index is 836. The van der Waals surface area contributed by atoms with E-state index in [1.54, 1.807) is 41.3 Å². The third kappa shape index (κ3) is 4.02. The molecule has 0 fully saturated rings. The number of hydrogen-bond donors (Lipinski definition) is 1. The molecule has 1 atom stereocenters. The highest BCUT2D eigenvalue weighted by Crippen LogP contribution is 2.34. The van der Waals surface area contributed by atoms with E-state index in [0.717, 1.165) is 12.0 Å². The van der Waals surface area contributed by atoms with Crippen molar-refractivity contribution in [3.8, 4) is 5.75 Å². The van der Waals surface area contributed by atoms with E-state index >= 15 is 0 Å². The lowest BCUT2D eigenvalue weighted by atomic mass is 10.1. The average molecular weight is 369 g/mol. The molecule has 2 heterocycles. The second-order valence-electron chi connectivity index (χ2n) is 6.33. The number of pyridine rings is 1. The number of nitrogen functional groups attached to an aromatic ring is 1. The number of aromatic nitrogens is 1. The fourth-order valence-corrected chi connectivity index (χ4v) is 2.84. The summed E-state index contributed by atoms with van der Waals surface area (Å²) in [5, 5.41) is 0. The lowest BCUT2D eigenvalue weighted by Crippen LogP contribution is -2.45. The van der Waals surface area contributed by atoms with Crippen molar-refractivity contribution in [1.29, 1.82) is 0 Å². The van der Waals surface area contributed by atoms with Gasteiger partial charge in [-0.15, -0.1) is 0 Å². The Hall–Kier alpha value is -3.09. The fraction of sp³-hybridized carbons (Fsp3) is 0.350. The van der Waals surface area contributed by atoms with E-state index in [0.29, 0.717) is 42.5 Å². The molecule has 0 aliphatic carbocycles. The zero-order valence-corrected chi connectivity index (χ0v) is 15.5. The third-order valence-corrected chi connectivity index (χ3v) is 4.27. The molecule has 3 rings (SSSR count). The number of ether oxygens (including phenoxy) is 2. The van der Waals surface area contributed by atoms with Crippen molar-refractivity contribution < 1.29 is 19.1 Å². The molecule has 27 heavy (non-hydrogen) atoms. The van der Waals surface area contributed by atoms with Crippen LogP contribution in [-0.2, 0) is 16.1 Å². The van der Waals surface area contributed by atoms with Crippen LogP contribution in [0.1, 0.15) is 42.6 Å². The lowest BCUT2D eigenvalue weighted by Gasteiger charge is -2.33. The number of fused-ring (bicyclic) bond motifs is 1. The number of carbonyl (C=O) groups is 2. The largest absolute Gasteiger partial charge is 0.477 e. The molecule has 1 aliphatic rings. The highest BCUT2D eigenvalue weighted by Gasteiger charge is 2.34. The number of esters is 1. The average Bonchev–Trinajstić information content (AvgIpc) is 2.68. The molecule has 0 saturated heterocycles. The number of hydrogen-bond acceptors (Lipinski definition) is 6. The number of amides is 1. The number of benzene rings is 1. The van der Waals surface area contributed by atoms with Crippen molar-refractivity contribution in [2.24, 2.45) is 0 Å². The van der Waals surface area contributed by atoms with Crippen LogP contribution in [0.5, 0.6) is 5.75 Å². The Balaban J connectivity index is 1.82. The third-order valence-electron chi connectivity index (χ3n) is 4.27. The monoisotopic (exact) mass is 369 g/mol. The molecule has 142 valence electrons. The molecule has 0 spiro atoms. The minimum Gasteiger partial charge on any atom is -0.477 e. The minimum absolute atomic E-state index is 0.158. The quantitative estimate of drug-likeness (QED) is 0.787. The van der Waals surface area contributed by atoms with Gasteiger partial charge in [0.05, 0.1) is 18.7 Å². The Labute approximate surface area is 158 Å². The number of nitrogens with zero attached hydrogens (tertiary/aromatic N) is 2. The van der Waals surface area contributed by atoms with Gasteiger partial charge in [-0.1, -0.05) is 26.0 Å². The molecule has 7 nitrogen and oxygen atoms in total. The minimum atomic E-state index is -0.550. The predicted octanol–water partition coefficient (Wildman–Crippen LogP) is 2.93. The molecular formula is C20H23N3O4. The molecule has 1 amide bonds. The van der Waals surface area contributed by atoms with Crippen molar-refractivity contribution in [1.82, 2.24) is 4.98 Å². The number of anilines is 2. The molecule has 2 N–H and O–H groups in total. The second-order valence-corrected chi connectivity index (χ2v) is 6.33. The molecule has 0 bridgehead atoms. The van der Waals surface area contributed by atoms with Gasteiger partial charge in [0, 0.05) is 0 Å². The summed E-state index contributed by atoms with van der Waals surface area (Å²) in [5.41, 5.74) is 7.13. The summed E-state index contributed by atoms with van der Waals surface area (Å²) in [5.74, 6) is 0.761. The van der Waals surface area contributed by atoms with Gasteiger partial charge in [-0.25, -0.2) is 9.78 Å². The Morgan fingerprint density at radius 2 is 1.96 bits per heavy atom. The maximum atomic E-state index is 12.8. The lowest BCUT2D eigenvalue weighted by molar-refractivity contribution is -0.126. The van der Waals surface area contributed by atoms with Gasteiger partial charge in [0.15, 0.2) is 17.7 Å². The standard InChI is InChI=1S/C20H23N3O4/c1-3-11-26-20(25)14-7-5-13(6-8-14)12-23-18-16(9-10-17(21)22-18)27-15(4-2)19(23)24/h5-10,15H,3-4,11-12H2,1-2H3,(H2,21,22). The first kappa shape index (κ1) is 18.7. The van der Waals surface area contributed by atoms with Gasteiger partial charge in [0.2, 0.25) is 0 Å². The van der Waals surface area contributed by atoms with Crippen molar-refractivity contribution in [2.75, 3.05) is 17.2 Å². The SMILES string of the molecule is CCCOC(=O)c1ccc(CN2C(=O)C(CC)Oc3ccc(N)nc32)cc1. The van der Waals surface area contributed by atoms with E-state index in [1.165, 1.54) is 0 Å². The first-order chi connectivity index (χ1) is 13.0. The van der Waals surface area contributed by atoms with Crippen LogP contribution in [0.4, 0.5) is 11.6 Å². The molecule has 2 aromatic rings. The number of rotatable bonds is 6. The van der Waals surface area contributed by atoms with Crippen LogP contribution in [0.15, 0.2) is 36.4 Å². The molecule has 7 heteroatoms. The fourth-order valence-electron chi connectivity index (χ4n) is 2.84. The number of carbonyl (C=O) groups excluding carboxylic acids is 2. The Morgan fingerprint density at radius 1 is 1.22 bits per heavy atom. The van der Waals surface area contributed by atoms with Crippen LogP contribution in [0.3, 0.4) is 0 Å². The summed E-state index contributed by atoms with van der Waals surface area (Å²) in [7, 11) is 0. The first-order valence-electron chi connectivity index (χ1n) is 9.04. The van der Waals surface area contributed by atoms with Crippen molar-refractivity contribution in [2.45, 2.75) is 39.3 Å². The van der Waals surface area contributed by atoms with Crippen LogP contribution in [0.2, 0.25) is 0 Å². The van der Waals surface area contributed by atoms with Gasteiger partial charge < -0.3 is 15.2 Å². The second kappa shape index (κ2) is 8.07. The molecular weight excluding hydrogens is 346 g/mol. The topological polar surface area (TPSA) is 94.8 Å². The summed E-state index contributed by atoms with van der Waals surface area (Å²) in [6.45, 7) is 4.54.